The lowest BCUT2D eigenvalue weighted by Crippen LogP contribution is -2.24. The SMILES string of the molecule is CCOC(=O)c1c(Cl)c(Cl)c(=O)n2c1CCC2. The molecular formula is C11H11Cl2NO3. The minimum Gasteiger partial charge on any atom is -0.462 e. The van der Waals surface area contributed by atoms with E-state index < -0.39 is 5.97 Å². The van der Waals surface area contributed by atoms with E-state index in [-0.39, 0.29) is 27.8 Å². The van der Waals surface area contributed by atoms with Gasteiger partial charge in [0.25, 0.3) is 5.56 Å². The summed E-state index contributed by atoms with van der Waals surface area (Å²) in [5.41, 5.74) is 0.524. The molecule has 0 saturated heterocycles. The molecule has 6 heteroatoms. The molecule has 1 aromatic heterocycles. The topological polar surface area (TPSA) is 48.3 Å². The molecule has 1 aliphatic rings. The summed E-state index contributed by atoms with van der Waals surface area (Å²) >= 11 is 11.8. The van der Waals surface area contributed by atoms with Gasteiger partial charge in [0.05, 0.1) is 17.2 Å². The molecule has 0 N–H and O–H groups in total. The van der Waals surface area contributed by atoms with Crippen LogP contribution in [0, 0.1) is 0 Å². The first-order chi connectivity index (χ1) is 8.07. The molecule has 17 heavy (non-hydrogen) atoms. The third kappa shape index (κ3) is 1.96. The number of ether oxygens (including phenoxy) is 1. The lowest BCUT2D eigenvalue weighted by Gasteiger charge is -2.12. The van der Waals surface area contributed by atoms with Crippen LogP contribution in [-0.2, 0) is 17.7 Å². The Bertz CT molecular complexity index is 536. The van der Waals surface area contributed by atoms with E-state index in [2.05, 4.69) is 0 Å². The van der Waals surface area contributed by atoms with Gasteiger partial charge in [-0.2, -0.15) is 0 Å². The average molecular weight is 276 g/mol. The van der Waals surface area contributed by atoms with Crippen molar-refractivity contribution in [2.24, 2.45) is 0 Å². The Kier molecular flexibility index (Phi) is 3.45. The van der Waals surface area contributed by atoms with E-state index >= 15 is 0 Å². The predicted octanol–water partition coefficient (Wildman–Crippen LogP) is 2.28. The third-order valence-corrected chi connectivity index (χ3v) is 3.56. The fourth-order valence-electron chi connectivity index (χ4n) is 2.02. The van der Waals surface area contributed by atoms with Gasteiger partial charge in [0.15, 0.2) is 0 Å². The van der Waals surface area contributed by atoms with Gasteiger partial charge in [-0.15, -0.1) is 0 Å². The van der Waals surface area contributed by atoms with Crippen LogP contribution in [0.5, 0.6) is 0 Å². The van der Waals surface area contributed by atoms with Crippen LogP contribution < -0.4 is 5.56 Å². The zero-order valence-electron chi connectivity index (χ0n) is 9.26. The van der Waals surface area contributed by atoms with E-state index in [0.717, 1.165) is 6.42 Å². The predicted molar refractivity (Wildman–Crippen MR) is 65.0 cm³/mol. The highest BCUT2D eigenvalue weighted by Gasteiger charge is 2.27. The second-order valence-corrected chi connectivity index (χ2v) is 4.49. The first-order valence-electron chi connectivity index (χ1n) is 5.35. The van der Waals surface area contributed by atoms with E-state index in [4.69, 9.17) is 27.9 Å². The number of hydrogen-bond acceptors (Lipinski definition) is 3. The second-order valence-electron chi connectivity index (χ2n) is 3.73. The van der Waals surface area contributed by atoms with Crippen molar-refractivity contribution in [3.8, 4) is 0 Å². The van der Waals surface area contributed by atoms with E-state index in [1.165, 1.54) is 4.57 Å². The lowest BCUT2D eigenvalue weighted by atomic mass is 10.1. The minimum absolute atomic E-state index is 0.00302. The van der Waals surface area contributed by atoms with Crippen LogP contribution >= 0.6 is 23.2 Å². The molecule has 1 aromatic rings. The fraction of sp³-hybridized carbons (Fsp3) is 0.455. The van der Waals surface area contributed by atoms with Crippen LogP contribution in [0.1, 0.15) is 29.4 Å². The minimum atomic E-state index is -0.523. The fourth-order valence-corrected chi connectivity index (χ4v) is 2.48. The molecule has 2 heterocycles. The molecule has 0 saturated carbocycles. The van der Waals surface area contributed by atoms with E-state index in [0.29, 0.717) is 18.7 Å². The number of hydrogen-bond donors (Lipinski definition) is 0. The summed E-state index contributed by atoms with van der Waals surface area (Å²) < 4.78 is 6.43. The quantitative estimate of drug-likeness (QED) is 0.778. The molecule has 0 aliphatic carbocycles. The van der Waals surface area contributed by atoms with Gasteiger partial charge in [-0.05, 0) is 19.8 Å². The highest BCUT2D eigenvalue weighted by Crippen LogP contribution is 2.29. The van der Waals surface area contributed by atoms with Crippen molar-refractivity contribution in [2.75, 3.05) is 6.61 Å². The van der Waals surface area contributed by atoms with Crippen LogP contribution in [0.3, 0.4) is 0 Å². The molecule has 0 amide bonds. The Hall–Kier alpha value is -1.00. The second kappa shape index (κ2) is 4.70. The molecule has 0 bridgehead atoms. The van der Waals surface area contributed by atoms with Crippen molar-refractivity contribution in [1.82, 2.24) is 4.57 Å². The van der Waals surface area contributed by atoms with Crippen molar-refractivity contribution in [2.45, 2.75) is 26.3 Å². The Morgan fingerprint density at radius 2 is 2.12 bits per heavy atom. The third-order valence-electron chi connectivity index (χ3n) is 2.73. The first kappa shape index (κ1) is 12.5. The number of carbonyl (C=O) groups is 1. The number of rotatable bonds is 2. The highest BCUT2D eigenvalue weighted by atomic mass is 35.5. The van der Waals surface area contributed by atoms with Gasteiger partial charge in [-0.3, -0.25) is 4.79 Å². The van der Waals surface area contributed by atoms with Gasteiger partial charge >= 0.3 is 5.97 Å². The summed E-state index contributed by atoms with van der Waals surface area (Å²) in [6.07, 6.45) is 1.44. The summed E-state index contributed by atoms with van der Waals surface area (Å²) in [5.74, 6) is -0.523. The van der Waals surface area contributed by atoms with Crippen LogP contribution in [0.4, 0.5) is 0 Å². The van der Waals surface area contributed by atoms with E-state index in [9.17, 15) is 9.59 Å². The summed E-state index contributed by atoms with van der Waals surface area (Å²) in [4.78, 5) is 23.6. The maximum absolute atomic E-state index is 11.8. The van der Waals surface area contributed by atoms with E-state index in [1.807, 2.05) is 0 Å². The maximum Gasteiger partial charge on any atom is 0.341 e. The molecule has 0 unspecified atom stereocenters. The van der Waals surface area contributed by atoms with Gasteiger partial charge in [0.1, 0.15) is 5.02 Å². The Morgan fingerprint density at radius 1 is 1.41 bits per heavy atom. The molecule has 0 aromatic carbocycles. The number of aromatic nitrogens is 1. The van der Waals surface area contributed by atoms with Crippen LogP contribution in [0.25, 0.3) is 0 Å². The monoisotopic (exact) mass is 275 g/mol. The van der Waals surface area contributed by atoms with E-state index in [1.54, 1.807) is 6.92 Å². The van der Waals surface area contributed by atoms with Crippen LogP contribution in [0.2, 0.25) is 10.0 Å². The zero-order valence-corrected chi connectivity index (χ0v) is 10.8. The van der Waals surface area contributed by atoms with Gasteiger partial charge < -0.3 is 9.30 Å². The molecule has 0 spiro atoms. The molecule has 4 nitrogen and oxygen atoms in total. The summed E-state index contributed by atoms with van der Waals surface area (Å²) in [5, 5.41) is -0.108. The van der Waals surface area contributed by atoms with Gasteiger partial charge in [-0.1, -0.05) is 23.2 Å². The van der Waals surface area contributed by atoms with Crippen molar-refractivity contribution in [3.63, 3.8) is 0 Å². The average Bonchev–Trinajstić information content (AvgIpc) is 2.75. The van der Waals surface area contributed by atoms with Crippen molar-refractivity contribution in [1.29, 1.82) is 0 Å². The largest absolute Gasteiger partial charge is 0.462 e. The Morgan fingerprint density at radius 3 is 2.76 bits per heavy atom. The summed E-state index contributed by atoms with van der Waals surface area (Å²) in [6, 6.07) is 0. The van der Waals surface area contributed by atoms with Gasteiger partial charge in [0, 0.05) is 12.2 Å². The zero-order chi connectivity index (χ0) is 12.6. The standard InChI is InChI=1S/C11H11Cl2NO3/c1-2-17-11(16)7-6-4-3-5-14(6)10(15)9(13)8(7)12/h2-5H2,1H3. The molecule has 0 fully saturated rings. The number of esters is 1. The summed E-state index contributed by atoms with van der Waals surface area (Å²) in [7, 11) is 0. The molecule has 2 rings (SSSR count). The highest BCUT2D eigenvalue weighted by molar-refractivity contribution is 6.43. The first-order valence-corrected chi connectivity index (χ1v) is 6.11. The number of nitrogens with zero attached hydrogens (tertiary/aromatic N) is 1. The lowest BCUT2D eigenvalue weighted by molar-refractivity contribution is 0.0524. The van der Waals surface area contributed by atoms with Gasteiger partial charge in [-0.25, -0.2) is 4.79 Å². The molecule has 0 atom stereocenters. The number of halogens is 2. The number of carbonyl (C=O) groups excluding carboxylic acids is 1. The molecule has 1 aliphatic heterocycles. The number of fused-ring (bicyclic) bond motifs is 1. The normalized spacial score (nSPS) is 13.6. The van der Waals surface area contributed by atoms with Crippen molar-refractivity contribution >= 4 is 29.2 Å². The molecule has 0 radical (unpaired) electrons. The van der Waals surface area contributed by atoms with Crippen LogP contribution in [-0.4, -0.2) is 17.1 Å². The van der Waals surface area contributed by atoms with Crippen molar-refractivity contribution in [3.05, 3.63) is 31.7 Å². The van der Waals surface area contributed by atoms with Crippen LogP contribution in [0.15, 0.2) is 4.79 Å². The summed E-state index contributed by atoms with van der Waals surface area (Å²) in [6.45, 7) is 2.53. The molecule has 92 valence electrons. The Balaban J connectivity index is 2.67. The van der Waals surface area contributed by atoms with Crippen molar-refractivity contribution < 1.29 is 9.53 Å². The van der Waals surface area contributed by atoms with Gasteiger partial charge in [0.2, 0.25) is 0 Å². The maximum atomic E-state index is 11.8. The number of pyridine rings is 1. The molecular weight excluding hydrogens is 265 g/mol. The Labute approximate surface area is 108 Å². The smallest absolute Gasteiger partial charge is 0.341 e.